The number of halogens is 2. The molecule has 1 N–H and O–H groups in total. The monoisotopic (exact) mass is 433 g/mol. The highest BCUT2D eigenvalue weighted by atomic mass is 79.9. The van der Waals surface area contributed by atoms with Crippen LogP contribution in [0.2, 0.25) is 5.02 Å². The third kappa shape index (κ3) is 3.63. The molecule has 1 aliphatic heterocycles. The molecule has 10 heteroatoms. The average molecular weight is 435 g/mol. The number of esters is 2. The van der Waals surface area contributed by atoms with Crippen LogP contribution in [0.1, 0.15) is 10.4 Å². The predicted octanol–water partition coefficient (Wildman–Crippen LogP) is 2.19. The lowest BCUT2D eigenvalue weighted by atomic mass is 10.1. The molecule has 0 spiro atoms. The summed E-state index contributed by atoms with van der Waals surface area (Å²) in [4.78, 5) is 37.1. The molecule has 0 amide bonds. The number of aromatic carboxylic acids is 1. The van der Waals surface area contributed by atoms with E-state index < -0.39 is 17.9 Å². The summed E-state index contributed by atoms with van der Waals surface area (Å²) in [5.41, 5.74) is -0.438. The van der Waals surface area contributed by atoms with E-state index in [9.17, 15) is 19.5 Å². The SMILES string of the molecule is COC(=O)C1=C(C(=O)OC)N(c2ccc(Br)c(Cl)c2C(=O)O)COC1. The third-order valence-electron chi connectivity index (χ3n) is 3.41. The Bertz CT molecular complexity index is 777. The molecule has 25 heavy (non-hydrogen) atoms. The quantitative estimate of drug-likeness (QED) is 0.720. The number of ether oxygens (including phenoxy) is 3. The van der Waals surface area contributed by atoms with Gasteiger partial charge in [-0.2, -0.15) is 0 Å². The first kappa shape index (κ1) is 19.2. The summed E-state index contributed by atoms with van der Waals surface area (Å²) in [6, 6.07) is 2.96. The second-order valence-electron chi connectivity index (χ2n) is 4.78. The van der Waals surface area contributed by atoms with Gasteiger partial charge in [0, 0.05) is 4.47 Å². The number of carbonyl (C=O) groups excluding carboxylic acids is 2. The van der Waals surface area contributed by atoms with E-state index in [0.29, 0.717) is 4.47 Å². The zero-order valence-electron chi connectivity index (χ0n) is 13.2. The summed E-state index contributed by atoms with van der Waals surface area (Å²) in [6.45, 7) is -0.358. The standard InChI is InChI=1S/C15H13BrClNO7/c1-23-14(21)7-5-25-6-18(12(7)15(22)24-2)9-4-3-8(16)11(17)10(9)13(19)20/h3-4H,5-6H2,1-2H3,(H,19,20). The molecular weight excluding hydrogens is 422 g/mol. The first-order valence-corrected chi connectivity index (χ1v) is 7.96. The maximum Gasteiger partial charge on any atom is 0.355 e. The highest BCUT2D eigenvalue weighted by Crippen LogP contribution is 2.37. The van der Waals surface area contributed by atoms with Crippen LogP contribution in [0.25, 0.3) is 0 Å². The van der Waals surface area contributed by atoms with Crippen molar-refractivity contribution < 1.29 is 33.7 Å². The van der Waals surface area contributed by atoms with Gasteiger partial charge in [-0.25, -0.2) is 14.4 Å². The minimum atomic E-state index is -1.31. The summed E-state index contributed by atoms with van der Waals surface area (Å²) in [5, 5.41) is 9.45. The molecule has 8 nitrogen and oxygen atoms in total. The largest absolute Gasteiger partial charge is 0.478 e. The lowest BCUT2D eigenvalue weighted by molar-refractivity contribution is -0.140. The molecule has 1 heterocycles. The van der Waals surface area contributed by atoms with Crippen molar-refractivity contribution in [3.63, 3.8) is 0 Å². The first-order chi connectivity index (χ1) is 11.8. The van der Waals surface area contributed by atoms with Crippen LogP contribution in [0.4, 0.5) is 5.69 Å². The van der Waals surface area contributed by atoms with E-state index in [1.807, 2.05) is 0 Å². The van der Waals surface area contributed by atoms with Crippen molar-refractivity contribution in [2.24, 2.45) is 0 Å². The van der Waals surface area contributed by atoms with Crippen molar-refractivity contribution >= 4 is 51.1 Å². The van der Waals surface area contributed by atoms with Crippen LogP contribution in [0.5, 0.6) is 0 Å². The number of carboxylic acid groups (broad SMARTS) is 1. The van der Waals surface area contributed by atoms with Gasteiger partial charge in [-0.1, -0.05) is 11.6 Å². The average Bonchev–Trinajstić information content (AvgIpc) is 2.61. The number of carbonyl (C=O) groups is 3. The minimum Gasteiger partial charge on any atom is -0.478 e. The van der Waals surface area contributed by atoms with E-state index in [0.717, 1.165) is 14.2 Å². The highest BCUT2D eigenvalue weighted by Gasteiger charge is 2.34. The van der Waals surface area contributed by atoms with E-state index in [4.69, 9.17) is 21.1 Å². The summed E-state index contributed by atoms with van der Waals surface area (Å²) >= 11 is 9.23. The molecule has 0 fully saturated rings. The minimum absolute atomic E-state index is 0.0561. The normalized spacial score (nSPS) is 14.3. The number of anilines is 1. The topological polar surface area (TPSA) is 102 Å². The van der Waals surface area contributed by atoms with Crippen molar-refractivity contribution in [2.45, 2.75) is 0 Å². The molecule has 0 saturated heterocycles. The van der Waals surface area contributed by atoms with Gasteiger partial charge in [-0.3, -0.25) is 0 Å². The molecule has 134 valence electrons. The van der Waals surface area contributed by atoms with Crippen molar-refractivity contribution in [1.82, 2.24) is 0 Å². The number of methoxy groups -OCH3 is 2. The van der Waals surface area contributed by atoms with E-state index in [-0.39, 0.29) is 40.9 Å². The molecule has 0 radical (unpaired) electrons. The second kappa shape index (κ2) is 7.85. The molecule has 1 aromatic carbocycles. The van der Waals surface area contributed by atoms with Gasteiger partial charge in [0.05, 0.1) is 37.1 Å². The zero-order chi connectivity index (χ0) is 18.7. The van der Waals surface area contributed by atoms with E-state index in [2.05, 4.69) is 20.7 Å². The number of hydrogen-bond acceptors (Lipinski definition) is 7. The van der Waals surface area contributed by atoms with Gasteiger partial charge in [-0.15, -0.1) is 0 Å². The van der Waals surface area contributed by atoms with Crippen LogP contribution in [-0.2, 0) is 23.8 Å². The predicted molar refractivity (Wildman–Crippen MR) is 90.5 cm³/mol. The number of rotatable bonds is 4. The van der Waals surface area contributed by atoms with Crippen LogP contribution in [-0.4, -0.2) is 50.6 Å². The number of hydrogen-bond donors (Lipinski definition) is 1. The van der Waals surface area contributed by atoms with Gasteiger partial charge < -0.3 is 24.2 Å². The Morgan fingerprint density at radius 2 is 1.88 bits per heavy atom. The Balaban J connectivity index is 2.72. The Kier molecular flexibility index (Phi) is 6.04. The van der Waals surface area contributed by atoms with Crippen molar-refractivity contribution in [3.05, 3.63) is 38.5 Å². The maximum atomic E-state index is 12.2. The Labute approximate surface area is 156 Å². The molecular formula is C15H13BrClNO7. The van der Waals surface area contributed by atoms with Crippen LogP contribution >= 0.6 is 27.5 Å². The van der Waals surface area contributed by atoms with Crippen LogP contribution in [0, 0.1) is 0 Å². The zero-order valence-corrected chi connectivity index (χ0v) is 15.5. The molecule has 1 aromatic rings. The van der Waals surface area contributed by atoms with Gasteiger partial charge in [-0.05, 0) is 28.1 Å². The summed E-state index contributed by atoms with van der Waals surface area (Å²) in [7, 11) is 2.30. The molecule has 0 bridgehead atoms. The molecule has 0 aliphatic carbocycles. The Hall–Kier alpha value is -2.10. The fraction of sp³-hybridized carbons (Fsp3) is 0.267. The van der Waals surface area contributed by atoms with Crippen LogP contribution in [0.15, 0.2) is 27.9 Å². The van der Waals surface area contributed by atoms with E-state index >= 15 is 0 Å². The second-order valence-corrected chi connectivity index (χ2v) is 6.01. The van der Waals surface area contributed by atoms with Gasteiger partial charge in [0.25, 0.3) is 0 Å². The number of benzene rings is 1. The molecule has 0 saturated carbocycles. The van der Waals surface area contributed by atoms with Crippen LogP contribution in [0.3, 0.4) is 0 Å². The Morgan fingerprint density at radius 3 is 2.44 bits per heavy atom. The number of carboxylic acids is 1. The van der Waals surface area contributed by atoms with Gasteiger partial charge in [0.15, 0.2) is 0 Å². The molecule has 1 aliphatic rings. The number of nitrogens with zero attached hydrogens (tertiary/aromatic N) is 1. The molecule has 0 unspecified atom stereocenters. The molecule has 0 aromatic heterocycles. The lowest BCUT2D eigenvalue weighted by Gasteiger charge is -2.32. The van der Waals surface area contributed by atoms with Crippen LogP contribution < -0.4 is 4.90 Å². The van der Waals surface area contributed by atoms with Gasteiger partial charge in [0.2, 0.25) is 0 Å². The molecule has 2 rings (SSSR count). The summed E-state index contributed by atoms with van der Waals surface area (Å²) in [6.07, 6.45) is 0. The van der Waals surface area contributed by atoms with Crippen molar-refractivity contribution in [2.75, 3.05) is 32.5 Å². The maximum absolute atomic E-state index is 12.2. The van der Waals surface area contributed by atoms with E-state index in [1.54, 1.807) is 0 Å². The first-order valence-electron chi connectivity index (χ1n) is 6.79. The fourth-order valence-corrected chi connectivity index (χ4v) is 2.87. The smallest absolute Gasteiger partial charge is 0.355 e. The van der Waals surface area contributed by atoms with Gasteiger partial charge in [0.1, 0.15) is 18.0 Å². The Morgan fingerprint density at radius 1 is 1.24 bits per heavy atom. The van der Waals surface area contributed by atoms with Gasteiger partial charge >= 0.3 is 17.9 Å². The summed E-state index contributed by atoms with van der Waals surface area (Å²) < 4.78 is 15.1. The molecule has 0 atom stereocenters. The third-order valence-corrected chi connectivity index (χ3v) is 4.69. The van der Waals surface area contributed by atoms with Crippen molar-refractivity contribution in [1.29, 1.82) is 0 Å². The van der Waals surface area contributed by atoms with E-state index in [1.165, 1.54) is 17.0 Å². The van der Waals surface area contributed by atoms with Crippen molar-refractivity contribution in [3.8, 4) is 0 Å². The lowest BCUT2D eigenvalue weighted by Crippen LogP contribution is -2.39. The highest BCUT2D eigenvalue weighted by molar-refractivity contribution is 9.10. The summed E-state index contributed by atoms with van der Waals surface area (Å²) in [5.74, 6) is -2.93. The fourth-order valence-electron chi connectivity index (χ4n) is 2.30.